The van der Waals surface area contributed by atoms with E-state index in [2.05, 4.69) is 18.8 Å². The van der Waals surface area contributed by atoms with Gasteiger partial charge in [-0.3, -0.25) is 0 Å². The molecule has 2 nitrogen and oxygen atoms in total. The Hall–Kier alpha value is -0.340. The van der Waals surface area contributed by atoms with Gasteiger partial charge in [0, 0.05) is 13.2 Å². The van der Waals surface area contributed by atoms with E-state index < -0.39 is 0 Å². The van der Waals surface area contributed by atoms with Crippen LogP contribution in [0.5, 0.6) is 0 Å². The Kier molecular flexibility index (Phi) is 3.94. The lowest BCUT2D eigenvalue weighted by Gasteiger charge is -2.14. The third kappa shape index (κ3) is 3.92. The van der Waals surface area contributed by atoms with E-state index in [1.807, 2.05) is 0 Å². The van der Waals surface area contributed by atoms with Crippen molar-refractivity contribution in [3.05, 3.63) is 12.2 Å². The van der Waals surface area contributed by atoms with Gasteiger partial charge in [-0.2, -0.15) is 0 Å². The van der Waals surface area contributed by atoms with Gasteiger partial charge in [-0.25, -0.2) is 0 Å². The van der Waals surface area contributed by atoms with Crippen LogP contribution in [-0.2, 0) is 0 Å². The molecule has 0 bridgehead atoms. The largest absolute Gasteiger partial charge is 0.396 e. The summed E-state index contributed by atoms with van der Waals surface area (Å²) < 4.78 is 0. The van der Waals surface area contributed by atoms with Crippen LogP contribution in [0.1, 0.15) is 32.6 Å². The molecule has 0 spiro atoms. The molecule has 13 heavy (non-hydrogen) atoms. The molecule has 2 heteroatoms. The summed E-state index contributed by atoms with van der Waals surface area (Å²) in [6.45, 7) is 8.35. The highest BCUT2D eigenvalue weighted by Crippen LogP contribution is 2.47. The zero-order valence-electron chi connectivity index (χ0n) is 8.60. The third-order valence-corrected chi connectivity index (χ3v) is 2.83. The van der Waals surface area contributed by atoms with Gasteiger partial charge in [0.2, 0.25) is 0 Å². The summed E-state index contributed by atoms with van der Waals surface area (Å²) in [4.78, 5) is 0. The summed E-state index contributed by atoms with van der Waals surface area (Å²) in [6, 6.07) is 0. The van der Waals surface area contributed by atoms with E-state index in [0.29, 0.717) is 12.0 Å². The zero-order valence-corrected chi connectivity index (χ0v) is 8.60. The van der Waals surface area contributed by atoms with Gasteiger partial charge in [0.05, 0.1) is 0 Å². The third-order valence-electron chi connectivity index (χ3n) is 2.83. The molecule has 76 valence electrons. The van der Waals surface area contributed by atoms with Crippen LogP contribution < -0.4 is 5.32 Å². The number of hydrogen-bond acceptors (Lipinski definition) is 2. The summed E-state index contributed by atoms with van der Waals surface area (Å²) in [5.41, 5.74) is 1.68. The Bertz CT molecular complexity index is 173. The van der Waals surface area contributed by atoms with Gasteiger partial charge in [-0.1, -0.05) is 5.57 Å². The van der Waals surface area contributed by atoms with Crippen LogP contribution in [0.3, 0.4) is 0 Å². The second-order valence-electron chi connectivity index (χ2n) is 4.36. The first-order valence-corrected chi connectivity index (χ1v) is 5.14. The van der Waals surface area contributed by atoms with Gasteiger partial charge in [-0.05, 0) is 44.6 Å². The first-order chi connectivity index (χ1) is 6.18. The Labute approximate surface area is 81.0 Å². The molecule has 0 radical (unpaired) electrons. The zero-order chi connectivity index (χ0) is 9.73. The van der Waals surface area contributed by atoms with E-state index in [1.54, 1.807) is 0 Å². The van der Waals surface area contributed by atoms with Gasteiger partial charge >= 0.3 is 0 Å². The highest BCUT2D eigenvalue weighted by Gasteiger charge is 2.40. The monoisotopic (exact) mass is 183 g/mol. The molecule has 0 atom stereocenters. The molecule has 0 aliphatic heterocycles. The molecule has 0 aromatic carbocycles. The molecule has 2 N–H and O–H groups in total. The standard InChI is InChI=1S/C11H21NO/c1-10(2)3-7-12-9-11(4-5-11)6-8-13/h12-13H,1,3-9H2,2H3. The molecular weight excluding hydrogens is 162 g/mol. The second-order valence-corrected chi connectivity index (χ2v) is 4.36. The van der Waals surface area contributed by atoms with Crippen LogP contribution in [0.15, 0.2) is 12.2 Å². The molecule has 0 unspecified atom stereocenters. The first-order valence-electron chi connectivity index (χ1n) is 5.14. The molecule has 1 saturated carbocycles. The van der Waals surface area contributed by atoms with Crippen LogP contribution in [0.25, 0.3) is 0 Å². The van der Waals surface area contributed by atoms with Gasteiger partial charge in [0.1, 0.15) is 0 Å². The van der Waals surface area contributed by atoms with Crippen LogP contribution >= 0.6 is 0 Å². The Morgan fingerprint density at radius 2 is 2.23 bits per heavy atom. The van der Waals surface area contributed by atoms with Crippen molar-refractivity contribution in [2.24, 2.45) is 5.41 Å². The van der Waals surface area contributed by atoms with Crippen LogP contribution in [0, 0.1) is 5.41 Å². The maximum Gasteiger partial charge on any atom is 0.0436 e. The SMILES string of the molecule is C=C(C)CCNCC1(CCO)CC1. The van der Waals surface area contributed by atoms with Gasteiger partial charge in [0.25, 0.3) is 0 Å². The average Bonchev–Trinajstić information content (AvgIpc) is 2.80. The fourth-order valence-corrected chi connectivity index (χ4v) is 1.58. The number of hydrogen-bond donors (Lipinski definition) is 2. The lowest BCUT2D eigenvalue weighted by atomic mass is 10.0. The summed E-state index contributed by atoms with van der Waals surface area (Å²) in [5.74, 6) is 0. The van der Waals surface area contributed by atoms with Crippen molar-refractivity contribution in [3.63, 3.8) is 0 Å². The predicted octanol–water partition coefficient (Wildman–Crippen LogP) is 1.70. The summed E-state index contributed by atoms with van der Waals surface area (Å²) >= 11 is 0. The minimum absolute atomic E-state index is 0.335. The van der Waals surface area contributed by atoms with Crippen molar-refractivity contribution in [3.8, 4) is 0 Å². The van der Waals surface area contributed by atoms with Crippen molar-refractivity contribution in [2.45, 2.75) is 32.6 Å². The van der Waals surface area contributed by atoms with E-state index in [4.69, 9.17) is 5.11 Å². The highest BCUT2D eigenvalue weighted by molar-refractivity contribution is 4.95. The van der Waals surface area contributed by atoms with Gasteiger partial charge in [0.15, 0.2) is 0 Å². The van der Waals surface area contributed by atoms with Crippen molar-refractivity contribution in [2.75, 3.05) is 19.7 Å². The lowest BCUT2D eigenvalue weighted by Crippen LogP contribution is -2.25. The van der Waals surface area contributed by atoms with Crippen molar-refractivity contribution < 1.29 is 5.11 Å². The molecular formula is C11H21NO. The van der Waals surface area contributed by atoms with E-state index in [9.17, 15) is 0 Å². The van der Waals surface area contributed by atoms with E-state index in [1.165, 1.54) is 18.4 Å². The topological polar surface area (TPSA) is 32.3 Å². The molecule has 0 saturated heterocycles. The fourth-order valence-electron chi connectivity index (χ4n) is 1.58. The predicted molar refractivity (Wildman–Crippen MR) is 55.7 cm³/mol. The smallest absolute Gasteiger partial charge is 0.0436 e. The van der Waals surface area contributed by atoms with E-state index in [0.717, 1.165) is 25.9 Å². The normalized spacial score (nSPS) is 18.6. The molecule has 1 rings (SSSR count). The number of rotatable bonds is 7. The second kappa shape index (κ2) is 4.77. The van der Waals surface area contributed by atoms with Crippen molar-refractivity contribution in [1.82, 2.24) is 5.32 Å². The Balaban J connectivity index is 2.02. The maximum absolute atomic E-state index is 8.84. The van der Waals surface area contributed by atoms with Gasteiger partial charge < -0.3 is 10.4 Å². The molecule has 1 aliphatic rings. The lowest BCUT2D eigenvalue weighted by molar-refractivity contribution is 0.245. The minimum atomic E-state index is 0.335. The Morgan fingerprint density at radius 1 is 1.54 bits per heavy atom. The highest BCUT2D eigenvalue weighted by atomic mass is 16.3. The number of aliphatic hydroxyl groups is 1. The maximum atomic E-state index is 8.84. The molecule has 0 aromatic rings. The minimum Gasteiger partial charge on any atom is -0.396 e. The summed E-state index contributed by atoms with van der Waals surface area (Å²) in [5, 5.41) is 12.3. The molecule has 1 aliphatic carbocycles. The molecule has 0 aromatic heterocycles. The fraction of sp³-hybridized carbons (Fsp3) is 0.818. The number of nitrogens with one attached hydrogen (secondary N) is 1. The molecule has 0 heterocycles. The van der Waals surface area contributed by atoms with E-state index in [-0.39, 0.29) is 0 Å². The van der Waals surface area contributed by atoms with Crippen LogP contribution in [0.4, 0.5) is 0 Å². The van der Waals surface area contributed by atoms with Crippen molar-refractivity contribution in [1.29, 1.82) is 0 Å². The summed E-state index contributed by atoms with van der Waals surface area (Å²) in [7, 11) is 0. The quantitative estimate of drug-likeness (QED) is 0.465. The number of aliphatic hydroxyl groups excluding tert-OH is 1. The van der Waals surface area contributed by atoms with E-state index >= 15 is 0 Å². The molecule has 1 fully saturated rings. The van der Waals surface area contributed by atoms with Crippen molar-refractivity contribution >= 4 is 0 Å². The van der Waals surface area contributed by atoms with Gasteiger partial charge in [-0.15, -0.1) is 6.58 Å². The first kappa shape index (κ1) is 10.7. The summed E-state index contributed by atoms with van der Waals surface area (Å²) in [6.07, 6.45) is 4.60. The van der Waals surface area contributed by atoms with Crippen LogP contribution in [-0.4, -0.2) is 24.8 Å². The Morgan fingerprint density at radius 3 is 2.69 bits per heavy atom. The molecule has 0 amide bonds. The van der Waals surface area contributed by atoms with Crippen LogP contribution in [0.2, 0.25) is 0 Å². The average molecular weight is 183 g/mol.